The van der Waals surface area contributed by atoms with Gasteiger partial charge < -0.3 is 15.1 Å². The summed E-state index contributed by atoms with van der Waals surface area (Å²) in [7, 11) is 5.26. The second-order valence-corrected chi connectivity index (χ2v) is 21.9. The molecular weight excluding hydrogens is 466 g/mol. The summed E-state index contributed by atoms with van der Waals surface area (Å²) >= 11 is 0. The highest BCUT2D eigenvalue weighted by Crippen LogP contribution is 2.58. The van der Waals surface area contributed by atoms with Gasteiger partial charge in [-0.2, -0.15) is 26.3 Å². The maximum atomic E-state index is 13.5. The number of rotatable bonds is 6. The van der Waals surface area contributed by atoms with Gasteiger partial charge in [-0.15, -0.1) is 0 Å². The van der Waals surface area contributed by atoms with Crippen molar-refractivity contribution in [1.82, 2.24) is 0 Å². The molecule has 0 saturated heterocycles. The number of halogens is 6. The van der Waals surface area contributed by atoms with Crippen LogP contribution in [0.4, 0.5) is 26.3 Å². The Hall–Kier alpha value is -0.773. The summed E-state index contributed by atoms with van der Waals surface area (Å²) in [6, 6.07) is 10.6. The fourth-order valence-electron chi connectivity index (χ4n) is 4.32. The molecule has 0 aliphatic rings. The molecule has 166 valence electrons. The molecule has 0 N–H and O–H groups in total. The van der Waals surface area contributed by atoms with Gasteiger partial charge in [0, 0.05) is 24.9 Å². The van der Waals surface area contributed by atoms with E-state index in [1.54, 1.807) is 13.3 Å². The van der Waals surface area contributed by atoms with Crippen molar-refractivity contribution in [1.29, 1.82) is 0 Å². The Labute approximate surface area is 184 Å². The first-order valence-electron chi connectivity index (χ1n) is 9.49. The molecule has 2 aromatic rings. The molecule has 6 radical (unpaired) electrons. The minimum absolute atomic E-state index is 0.0934. The SMILES string of the molecule is [B-][P+](C)(C[Si](C)(C)C[P+]([B-])(C)c1ccccc1C(F)(F)F)c1ccccc1C(F)(F)F. The standard InChI is InChI=1S/C20H24B2F6P2Si/c1-29(21,17-11-7-5-9-15(17)19(23,24)25)13-31(3,4)14-30(2,22)18-12-8-6-10-16(18)20(26,27)28/h5-12H,13-14H2,1-4H3. The van der Waals surface area contributed by atoms with Gasteiger partial charge in [-0.05, 0) is 24.3 Å². The smallest absolute Gasteiger partial charge is 0.300 e. The molecule has 0 fully saturated rings. The summed E-state index contributed by atoms with van der Waals surface area (Å²) < 4.78 is 81.1. The van der Waals surface area contributed by atoms with Crippen molar-refractivity contribution >= 4 is 48.1 Å². The number of hydrogen-bond donors (Lipinski definition) is 0. The fourth-order valence-corrected chi connectivity index (χ4v) is 23.6. The minimum Gasteiger partial charge on any atom is -0.300 e. The number of hydrogen-bond acceptors (Lipinski definition) is 0. The second kappa shape index (κ2) is 8.87. The number of alkyl halides is 6. The molecule has 2 unspecified atom stereocenters. The zero-order valence-corrected chi connectivity index (χ0v) is 20.6. The Bertz CT molecular complexity index is 853. The van der Waals surface area contributed by atoms with Crippen molar-refractivity contribution in [3.8, 4) is 0 Å². The first kappa shape index (κ1) is 26.5. The largest absolute Gasteiger partial charge is 0.420 e. The van der Waals surface area contributed by atoms with E-state index < -0.39 is 45.8 Å². The summed E-state index contributed by atoms with van der Waals surface area (Å²) in [4.78, 5) is 0. The molecule has 0 heterocycles. The molecule has 31 heavy (non-hydrogen) atoms. The monoisotopic (exact) mass is 490 g/mol. The molecule has 0 aliphatic carbocycles. The Kier molecular flexibility index (Phi) is 7.58. The topological polar surface area (TPSA) is 0 Å². The predicted octanol–water partition coefficient (Wildman–Crippen LogP) is 5.92. The summed E-state index contributed by atoms with van der Waals surface area (Å²) in [5, 5.41) is 0.187. The second-order valence-electron chi connectivity index (χ2n) is 9.05. The minimum atomic E-state index is -4.52. The highest BCUT2D eigenvalue weighted by Gasteiger charge is 2.43. The van der Waals surface area contributed by atoms with Crippen molar-refractivity contribution in [3.05, 3.63) is 59.7 Å². The van der Waals surface area contributed by atoms with E-state index in [1.165, 1.54) is 36.4 Å². The van der Waals surface area contributed by atoms with Crippen molar-refractivity contribution < 1.29 is 26.3 Å². The Morgan fingerprint density at radius 2 is 0.968 bits per heavy atom. The summed E-state index contributed by atoms with van der Waals surface area (Å²) in [6.45, 7) is 7.19. The Morgan fingerprint density at radius 3 is 1.26 bits per heavy atom. The van der Waals surface area contributed by atoms with Gasteiger partial charge >= 0.3 is 12.4 Å². The molecule has 2 rings (SSSR count). The lowest BCUT2D eigenvalue weighted by Gasteiger charge is -2.44. The molecule has 2 aromatic carbocycles. The van der Waals surface area contributed by atoms with Crippen LogP contribution in [-0.4, -0.2) is 48.1 Å². The molecule has 0 spiro atoms. The highest BCUT2D eigenvalue weighted by atomic mass is 31.2. The van der Waals surface area contributed by atoms with Crippen LogP contribution in [0.1, 0.15) is 11.1 Å². The Morgan fingerprint density at radius 1 is 0.677 bits per heavy atom. The molecule has 0 nitrogen and oxygen atoms in total. The predicted molar refractivity (Wildman–Crippen MR) is 127 cm³/mol. The van der Waals surface area contributed by atoms with Gasteiger partial charge in [0.1, 0.15) is 8.07 Å². The van der Waals surface area contributed by atoms with Crippen LogP contribution in [0.15, 0.2) is 48.5 Å². The van der Waals surface area contributed by atoms with E-state index in [1.807, 2.05) is 13.1 Å². The van der Waals surface area contributed by atoms with Crippen LogP contribution in [0.25, 0.3) is 0 Å². The van der Waals surface area contributed by atoms with Gasteiger partial charge in [-0.1, -0.05) is 37.4 Å². The summed E-state index contributed by atoms with van der Waals surface area (Å²) in [6.07, 6.45) is -9.05. The average molecular weight is 490 g/mol. The Balaban J connectivity index is 2.38. The van der Waals surface area contributed by atoms with Crippen LogP contribution in [0.3, 0.4) is 0 Å². The van der Waals surface area contributed by atoms with E-state index in [0.717, 1.165) is 12.1 Å². The summed E-state index contributed by atoms with van der Waals surface area (Å²) in [5.74, 6) is 0.710. The quantitative estimate of drug-likeness (QED) is 0.268. The fraction of sp³-hybridized carbons (Fsp3) is 0.400. The van der Waals surface area contributed by atoms with Gasteiger partial charge in [-0.25, -0.2) is 14.3 Å². The van der Waals surface area contributed by atoms with E-state index >= 15 is 0 Å². The van der Waals surface area contributed by atoms with Crippen LogP contribution in [0.5, 0.6) is 0 Å². The first-order valence-corrected chi connectivity index (χ1v) is 17.9. The first-order chi connectivity index (χ1) is 13.9. The number of benzene rings is 2. The van der Waals surface area contributed by atoms with E-state index in [4.69, 9.17) is 15.1 Å². The van der Waals surface area contributed by atoms with Gasteiger partial charge in [-0.3, -0.25) is 0 Å². The third kappa shape index (κ3) is 6.62. The van der Waals surface area contributed by atoms with Crippen LogP contribution in [0, 0.1) is 0 Å². The molecule has 0 aromatic heterocycles. The van der Waals surface area contributed by atoms with Gasteiger partial charge in [0.25, 0.3) is 0 Å². The molecular formula is C20H24B2F6P2Si. The zero-order valence-electron chi connectivity index (χ0n) is 17.8. The lowest BCUT2D eigenvalue weighted by molar-refractivity contribution is -0.137. The molecule has 0 saturated carbocycles. The maximum absolute atomic E-state index is 13.5. The average Bonchev–Trinajstić information content (AvgIpc) is 2.58. The third-order valence-corrected chi connectivity index (χ3v) is 20.1. The zero-order chi connectivity index (χ0) is 23.9. The van der Waals surface area contributed by atoms with Gasteiger partial charge in [0.2, 0.25) is 0 Å². The van der Waals surface area contributed by atoms with Crippen LogP contribution in [-0.2, 0) is 12.4 Å². The van der Waals surface area contributed by atoms with E-state index in [-0.39, 0.29) is 10.6 Å². The maximum Gasteiger partial charge on any atom is 0.420 e. The van der Waals surface area contributed by atoms with E-state index in [0.29, 0.717) is 11.6 Å². The van der Waals surface area contributed by atoms with Crippen LogP contribution >= 0.6 is 14.3 Å². The van der Waals surface area contributed by atoms with Crippen molar-refractivity contribution in [2.75, 3.05) is 24.9 Å². The lowest BCUT2D eigenvalue weighted by atomic mass is 10.2. The highest BCUT2D eigenvalue weighted by molar-refractivity contribution is 8.06. The summed E-state index contributed by atoms with van der Waals surface area (Å²) in [5.41, 5.74) is -1.49. The molecule has 11 heteroatoms. The van der Waals surface area contributed by atoms with Crippen molar-refractivity contribution in [2.45, 2.75) is 25.4 Å². The molecule has 0 amide bonds. The van der Waals surface area contributed by atoms with Gasteiger partial charge in [0.05, 0.1) is 21.7 Å². The molecule has 0 bridgehead atoms. The van der Waals surface area contributed by atoms with E-state index in [2.05, 4.69) is 0 Å². The third-order valence-electron chi connectivity index (χ3n) is 5.03. The van der Waals surface area contributed by atoms with Gasteiger partial charge in [0.15, 0.2) is 0 Å². The van der Waals surface area contributed by atoms with Crippen molar-refractivity contribution in [2.24, 2.45) is 0 Å². The van der Waals surface area contributed by atoms with Crippen LogP contribution < -0.4 is 10.6 Å². The normalized spacial score (nSPS) is 17.2. The van der Waals surface area contributed by atoms with Crippen molar-refractivity contribution in [3.63, 3.8) is 0 Å². The van der Waals surface area contributed by atoms with E-state index in [9.17, 15) is 26.3 Å². The van der Waals surface area contributed by atoms with Crippen LogP contribution in [0.2, 0.25) is 13.1 Å². The molecule has 0 aliphatic heterocycles. The molecule has 2 atom stereocenters. The lowest BCUT2D eigenvalue weighted by Crippen LogP contribution is -2.43.